The number of thioether (sulfide) groups is 1. The van der Waals surface area contributed by atoms with Gasteiger partial charge in [0.2, 0.25) is 5.91 Å². The molecule has 2 heterocycles. The minimum Gasteiger partial charge on any atom is -0.301 e. The molecular formula is C26H19BrClN5OS2. The molecule has 0 radical (unpaired) electrons. The zero-order chi connectivity index (χ0) is 24.9. The van der Waals surface area contributed by atoms with Crippen LogP contribution >= 0.6 is 50.6 Å². The Morgan fingerprint density at radius 3 is 2.53 bits per heavy atom. The van der Waals surface area contributed by atoms with Crippen LogP contribution in [-0.4, -0.2) is 31.4 Å². The smallest absolute Gasteiger partial charge is 0.236 e. The third-order valence-electron chi connectivity index (χ3n) is 5.19. The monoisotopic (exact) mass is 595 g/mol. The summed E-state index contributed by atoms with van der Waals surface area (Å²) < 4.78 is 2.96. The molecule has 5 rings (SSSR count). The van der Waals surface area contributed by atoms with Crippen molar-refractivity contribution in [1.29, 1.82) is 0 Å². The largest absolute Gasteiger partial charge is 0.301 e. The maximum atomic E-state index is 12.7. The number of hydrogen-bond donors (Lipinski definition) is 1. The molecule has 1 N–H and O–H groups in total. The molecule has 3 aromatic carbocycles. The highest BCUT2D eigenvalue weighted by Crippen LogP contribution is 2.32. The molecule has 0 aliphatic rings. The Balaban J connectivity index is 1.29. The molecule has 2 aromatic heterocycles. The summed E-state index contributed by atoms with van der Waals surface area (Å²) >= 11 is 12.7. The number of thiazole rings is 1. The topological polar surface area (TPSA) is 72.7 Å². The predicted octanol–water partition coefficient (Wildman–Crippen LogP) is 7.13. The molecule has 0 unspecified atom stereocenters. The predicted molar refractivity (Wildman–Crippen MR) is 150 cm³/mol. The Kier molecular flexibility index (Phi) is 7.81. The summed E-state index contributed by atoms with van der Waals surface area (Å²) in [6.07, 6.45) is 2.57. The van der Waals surface area contributed by atoms with Gasteiger partial charge in [-0.25, -0.2) is 4.98 Å². The van der Waals surface area contributed by atoms with Gasteiger partial charge in [0.15, 0.2) is 16.1 Å². The fourth-order valence-electron chi connectivity index (χ4n) is 3.53. The standard InChI is InChI=1S/C26H19BrClN5OS2/c27-18-12-10-17(11-13-18)14-20-15-29-25(36-20)30-23(34)16-35-26-32-31-24(21-8-4-5-9-22(21)28)33(26)19-6-2-1-3-7-19/h1-13,15H,14,16H2,(H,29,30,34). The Bertz CT molecular complexity index is 1490. The average molecular weight is 597 g/mol. The van der Waals surface area contributed by atoms with Gasteiger partial charge in [-0.2, -0.15) is 0 Å². The first-order chi connectivity index (χ1) is 17.6. The third kappa shape index (κ3) is 5.87. The number of benzene rings is 3. The van der Waals surface area contributed by atoms with Crippen molar-refractivity contribution in [2.24, 2.45) is 0 Å². The lowest BCUT2D eigenvalue weighted by atomic mass is 10.1. The second-order valence-corrected chi connectivity index (χ2v) is 11.1. The Morgan fingerprint density at radius 2 is 1.75 bits per heavy atom. The van der Waals surface area contributed by atoms with Crippen molar-refractivity contribution in [2.75, 3.05) is 11.1 Å². The highest BCUT2D eigenvalue weighted by molar-refractivity contribution is 9.10. The Morgan fingerprint density at radius 1 is 1.00 bits per heavy atom. The fraction of sp³-hybridized carbons (Fsp3) is 0.0769. The Labute approximate surface area is 229 Å². The molecule has 0 spiro atoms. The zero-order valence-electron chi connectivity index (χ0n) is 18.8. The number of carbonyl (C=O) groups excluding carboxylic acids is 1. The van der Waals surface area contributed by atoms with E-state index in [4.69, 9.17) is 11.6 Å². The van der Waals surface area contributed by atoms with E-state index in [9.17, 15) is 4.79 Å². The second kappa shape index (κ2) is 11.4. The number of para-hydroxylation sites is 1. The lowest BCUT2D eigenvalue weighted by Gasteiger charge is -2.11. The van der Waals surface area contributed by atoms with Crippen molar-refractivity contribution >= 4 is 61.7 Å². The molecule has 5 aromatic rings. The van der Waals surface area contributed by atoms with Gasteiger partial charge < -0.3 is 5.32 Å². The number of nitrogens with one attached hydrogen (secondary N) is 1. The van der Waals surface area contributed by atoms with Gasteiger partial charge in [0, 0.05) is 33.2 Å². The number of anilines is 1. The number of aromatic nitrogens is 4. The van der Waals surface area contributed by atoms with E-state index in [0.717, 1.165) is 27.0 Å². The molecule has 180 valence electrons. The molecular weight excluding hydrogens is 578 g/mol. The van der Waals surface area contributed by atoms with E-state index in [1.165, 1.54) is 28.7 Å². The maximum Gasteiger partial charge on any atom is 0.236 e. The van der Waals surface area contributed by atoms with Gasteiger partial charge in [0.05, 0.1) is 10.8 Å². The van der Waals surface area contributed by atoms with Gasteiger partial charge in [0.1, 0.15) is 0 Å². The molecule has 10 heteroatoms. The first-order valence-electron chi connectivity index (χ1n) is 10.9. The number of rotatable bonds is 8. The number of nitrogens with zero attached hydrogens (tertiary/aromatic N) is 4. The zero-order valence-corrected chi connectivity index (χ0v) is 22.7. The molecule has 0 atom stereocenters. The maximum absolute atomic E-state index is 12.7. The van der Waals surface area contributed by atoms with E-state index < -0.39 is 0 Å². The molecule has 6 nitrogen and oxygen atoms in total. The average Bonchev–Trinajstić information content (AvgIpc) is 3.51. The van der Waals surface area contributed by atoms with Crippen LogP contribution in [-0.2, 0) is 11.2 Å². The molecule has 1 amide bonds. The third-order valence-corrected chi connectivity index (χ3v) is 7.89. The van der Waals surface area contributed by atoms with Gasteiger partial charge in [-0.15, -0.1) is 21.5 Å². The summed E-state index contributed by atoms with van der Waals surface area (Å²) in [4.78, 5) is 18.2. The van der Waals surface area contributed by atoms with E-state index in [-0.39, 0.29) is 11.7 Å². The van der Waals surface area contributed by atoms with Crippen LogP contribution in [0.4, 0.5) is 5.13 Å². The minimum absolute atomic E-state index is 0.161. The number of amides is 1. The molecule has 0 aliphatic carbocycles. The minimum atomic E-state index is -0.161. The molecule has 36 heavy (non-hydrogen) atoms. The SMILES string of the molecule is O=C(CSc1nnc(-c2ccccc2Cl)n1-c1ccccc1)Nc1ncc(Cc2ccc(Br)cc2)s1. The summed E-state index contributed by atoms with van der Waals surface area (Å²) in [6, 6.07) is 25.4. The van der Waals surface area contributed by atoms with Crippen LogP contribution in [0.25, 0.3) is 17.1 Å². The van der Waals surface area contributed by atoms with E-state index in [1.807, 2.05) is 71.3 Å². The van der Waals surface area contributed by atoms with Crippen LogP contribution in [0.1, 0.15) is 10.4 Å². The van der Waals surface area contributed by atoms with Crippen molar-refractivity contribution in [3.05, 3.63) is 105 Å². The van der Waals surface area contributed by atoms with Crippen LogP contribution in [0, 0.1) is 0 Å². The van der Waals surface area contributed by atoms with Crippen molar-refractivity contribution in [2.45, 2.75) is 11.6 Å². The number of hydrogen-bond acceptors (Lipinski definition) is 6. The van der Waals surface area contributed by atoms with Gasteiger partial charge in [-0.3, -0.25) is 9.36 Å². The molecule has 0 saturated heterocycles. The lowest BCUT2D eigenvalue weighted by molar-refractivity contribution is -0.113. The van der Waals surface area contributed by atoms with E-state index in [1.54, 1.807) is 6.20 Å². The van der Waals surface area contributed by atoms with Crippen LogP contribution in [0.3, 0.4) is 0 Å². The summed E-state index contributed by atoms with van der Waals surface area (Å²) in [7, 11) is 0. The number of halogens is 2. The van der Waals surface area contributed by atoms with Crippen LogP contribution in [0.2, 0.25) is 5.02 Å². The second-order valence-electron chi connectivity index (χ2n) is 7.73. The highest BCUT2D eigenvalue weighted by Gasteiger charge is 2.19. The van der Waals surface area contributed by atoms with Crippen LogP contribution in [0.5, 0.6) is 0 Å². The fourth-order valence-corrected chi connectivity index (χ4v) is 5.63. The summed E-state index contributed by atoms with van der Waals surface area (Å²) in [5, 5.41) is 13.4. The number of carbonyl (C=O) groups is 1. The molecule has 0 aliphatic heterocycles. The van der Waals surface area contributed by atoms with E-state index >= 15 is 0 Å². The van der Waals surface area contributed by atoms with Gasteiger partial charge >= 0.3 is 0 Å². The normalized spacial score (nSPS) is 10.9. The van der Waals surface area contributed by atoms with Gasteiger partial charge in [-0.1, -0.05) is 81.8 Å². The molecule has 0 saturated carbocycles. The summed E-state index contributed by atoms with van der Waals surface area (Å²) in [5.41, 5.74) is 2.84. The van der Waals surface area contributed by atoms with Crippen LogP contribution in [0.15, 0.2) is 94.7 Å². The van der Waals surface area contributed by atoms with Gasteiger partial charge in [-0.05, 0) is 42.0 Å². The van der Waals surface area contributed by atoms with Crippen molar-refractivity contribution in [1.82, 2.24) is 19.7 Å². The van der Waals surface area contributed by atoms with Gasteiger partial charge in [0.25, 0.3) is 0 Å². The summed E-state index contributed by atoms with van der Waals surface area (Å²) in [6.45, 7) is 0. The highest BCUT2D eigenvalue weighted by atomic mass is 79.9. The van der Waals surface area contributed by atoms with Crippen molar-refractivity contribution in [3.63, 3.8) is 0 Å². The van der Waals surface area contributed by atoms with E-state index in [2.05, 4.69) is 48.6 Å². The van der Waals surface area contributed by atoms with Crippen molar-refractivity contribution < 1.29 is 4.79 Å². The quantitative estimate of drug-likeness (QED) is 0.193. The first kappa shape index (κ1) is 24.7. The molecule has 0 fully saturated rings. The lowest BCUT2D eigenvalue weighted by Crippen LogP contribution is -2.14. The first-order valence-corrected chi connectivity index (χ1v) is 13.9. The van der Waals surface area contributed by atoms with Crippen LogP contribution < -0.4 is 5.32 Å². The molecule has 0 bridgehead atoms. The summed E-state index contributed by atoms with van der Waals surface area (Å²) in [5.74, 6) is 0.619. The Hall–Kier alpha value is -2.98. The van der Waals surface area contributed by atoms with E-state index in [0.29, 0.717) is 21.1 Å². The van der Waals surface area contributed by atoms with Crippen molar-refractivity contribution in [3.8, 4) is 17.1 Å².